The normalized spacial score (nSPS) is 16.5. The van der Waals surface area contributed by atoms with E-state index in [-0.39, 0.29) is 5.91 Å². The van der Waals surface area contributed by atoms with E-state index in [9.17, 15) is 4.79 Å². The predicted molar refractivity (Wildman–Crippen MR) is 80.3 cm³/mol. The first kappa shape index (κ1) is 14.3. The quantitative estimate of drug-likeness (QED) is 0.928. The fourth-order valence-electron chi connectivity index (χ4n) is 2.40. The fraction of sp³-hybridized carbons (Fsp3) is 0.571. The maximum atomic E-state index is 10.9. The van der Waals surface area contributed by atoms with Crippen molar-refractivity contribution in [2.45, 2.75) is 26.7 Å². The monoisotopic (exact) mass is 325 g/mol. The maximum Gasteiger partial charge on any atom is 0.216 e. The molecule has 1 aliphatic heterocycles. The van der Waals surface area contributed by atoms with Crippen molar-refractivity contribution in [1.82, 2.24) is 10.3 Å². The Bertz CT molecular complexity index is 456. The number of rotatable bonds is 3. The van der Waals surface area contributed by atoms with Gasteiger partial charge >= 0.3 is 0 Å². The largest absolute Gasteiger partial charge is 0.356 e. The zero-order chi connectivity index (χ0) is 13.8. The van der Waals surface area contributed by atoms with Crippen LogP contribution < -0.4 is 10.2 Å². The standard InChI is InChI=1S/C14H20BrN3O/c1-10-7-13(15)14(17-8-10)18-5-3-12(4-6-18)9-16-11(2)19/h7-8,12H,3-6,9H2,1-2H3,(H,16,19). The van der Waals surface area contributed by atoms with Crippen LogP contribution >= 0.6 is 15.9 Å². The van der Waals surface area contributed by atoms with E-state index in [0.29, 0.717) is 5.92 Å². The van der Waals surface area contributed by atoms with Crippen molar-refractivity contribution in [3.8, 4) is 0 Å². The van der Waals surface area contributed by atoms with Gasteiger partial charge in [-0.2, -0.15) is 0 Å². The summed E-state index contributed by atoms with van der Waals surface area (Å²) in [5, 5.41) is 2.91. The average molecular weight is 326 g/mol. The lowest BCUT2D eigenvalue weighted by Crippen LogP contribution is -2.38. The van der Waals surface area contributed by atoms with Gasteiger partial charge in [0, 0.05) is 32.8 Å². The number of carbonyl (C=O) groups is 1. The Labute approximate surface area is 122 Å². The molecule has 1 aromatic heterocycles. The number of halogens is 1. The van der Waals surface area contributed by atoms with E-state index in [2.05, 4.69) is 37.2 Å². The lowest BCUT2D eigenvalue weighted by molar-refractivity contribution is -0.119. The number of amides is 1. The molecule has 1 N–H and O–H groups in total. The molecule has 0 radical (unpaired) electrons. The summed E-state index contributed by atoms with van der Waals surface area (Å²) in [6.45, 7) is 6.41. The van der Waals surface area contributed by atoms with E-state index in [1.54, 1.807) is 6.92 Å². The van der Waals surface area contributed by atoms with Gasteiger partial charge in [-0.05, 0) is 53.2 Å². The van der Waals surface area contributed by atoms with Crippen molar-refractivity contribution in [2.24, 2.45) is 5.92 Å². The minimum atomic E-state index is 0.0605. The number of hydrogen-bond acceptors (Lipinski definition) is 3. The molecule has 0 bridgehead atoms. The molecule has 1 amide bonds. The summed E-state index contributed by atoms with van der Waals surface area (Å²) < 4.78 is 1.06. The second-order valence-corrected chi connectivity index (χ2v) is 6.04. The van der Waals surface area contributed by atoms with Gasteiger partial charge in [0.15, 0.2) is 0 Å². The number of nitrogens with one attached hydrogen (secondary N) is 1. The van der Waals surface area contributed by atoms with Crippen LogP contribution in [-0.4, -0.2) is 30.5 Å². The first-order valence-electron chi connectivity index (χ1n) is 6.68. The van der Waals surface area contributed by atoms with E-state index in [1.165, 1.54) is 0 Å². The lowest BCUT2D eigenvalue weighted by atomic mass is 9.97. The van der Waals surface area contributed by atoms with E-state index in [1.807, 2.05) is 13.1 Å². The molecule has 1 aromatic rings. The van der Waals surface area contributed by atoms with Crippen molar-refractivity contribution in [2.75, 3.05) is 24.5 Å². The summed E-state index contributed by atoms with van der Waals surface area (Å²) in [6.07, 6.45) is 4.11. The molecule has 0 saturated carbocycles. The third kappa shape index (κ3) is 3.93. The van der Waals surface area contributed by atoms with Gasteiger partial charge in [-0.15, -0.1) is 0 Å². The first-order valence-corrected chi connectivity index (χ1v) is 7.47. The van der Waals surface area contributed by atoms with Crippen LogP contribution in [0, 0.1) is 12.8 Å². The SMILES string of the molecule is CC(=O)NCC1CCN(c2ncc(C)cc2Br)CC1. The van der Waals surface area contributed by atoms with Gasteiger partial charge in [0.1, 0.15) is 5.82 Å². The minimum absolute atomic E-state index is 0.0605. The van der Waals surface area contributed by atoms with E-state index >= 15 is 0 Å². The average Bonchev–Trinajstić information content (AvgIpc) is 2.37. The van der Waals surface area contributed by atoms with Gasteiger partial charge in [-0.25, -0.2) is 4.98 Å². The zero-order valence-electron chi connectivity index (χ0n) is 11.4. The first-order chi connectivity index (χ1) is 9.06. The number of pyridine rings is 1. The highest BCUT2D eigenvalue weighted by Gasteiger charge is 2.21. The third-order valence-electron chi connectivity index (χ3n) is 3.51. The highest BCUT2D eigenvalue weighted by Crippen LogP contribution is 2.28. The van der Waals surface area contributed by atoms with E-state index < -0.39 is 0 Å². The topological polar surface area (TPSA) is 45.2 Å². The van der Waals surface area contributed by atoms with Gasteiger partial charge in [0.25, 0.3) is 0 Å². The summed E-state index contributed by atoms with van der Waals surface area (Å²) in [5.41, 5.74) is 1.16. The highest BCUT2D eigenvalue weighted by molar-refractivity contribution is 9.10. The van der Waals surface area contributed by atoms with Gasteiger partial charge in [0.2, 0.25) is 5.91 Å². The Kier molecular flexibility index (Phi) is 4.80. The summed E-state index contributed by atoms with van der Waals surface area (Å²) in [5.74, 6) is 1.68. The van der Waals surface area contributed by atoms with Crippen LogP contribution in [0.2, 0.25) is 0 Å². The van der Waals surface area contributed by atoms with Crippen LogP contribution in [0.1, 0.15) is 25.3 Å². The number of aryl methyl sites for hydroxylation is 1. The van der Waals surface area contributed by atoms with E-state index in [4.69, 9.17) is 0 Å². The smallest absolute Gasteiger partial charge is 0.216 e. The zero-order valence-corrected chi connectivity index (χ0v) is 13.0. The molecule has 0 aliphatic carbocycles. The molecule has 1 fully saturated rings. The van der Waals surface area contributed by atoms with Gasteiger partial charge in [-0.3, -0.25) is 4.79 Å². The number of carbonyl (C=O) groups excluding carboxylic acids is 1. The van der Waals surface area contributed by atoms with Crippen LogP contribution in [0.15, 0.2) is 16.7 Å². The van der Waals surface area contributed by atoms with Crippen molar-refractivity contribution in [3.05, 3.63) is 22.3 Å². The molecule has 104 valence electrons. The van der Waals surface area contributed by atoms with Gasteiger partial charge in [0.05, 0.1) is 4.47 Å². The van der Waals surface area contributed by atoms with Crippen LogP contribution in [0.4, 0.5) is 5.82 Å². The van der Waals surface area contributed by atoms with Gasteiger partial charge < -0.3 is 10.2 Å². The predicted octanol–water partition coefficient (Wildman–Crippen LogP) is 2.51. The molecule has 2 heterocycles. The Hall–Kier alpha value is -1.10. The molecule has 1 aliphatic rings. The Morgan fingerprint density at radius 2 is 2.21 bits per heavy atom. The summed E-state index contributed by atoms with van der Waals surface area (Å²) in [4.78, 5) is 17.7. The molecule has 5 heteroatoms. The number of anilines is 1. The Morgan fingerprint density at radius 3 is 2.79 bits per heavy atom. The molecule has 2 rings (SSSR count). The number of aromatic nitrogens is 1. The third-order valence-corrected chi connectivity index (χ3v) is 4.10. The minimum Gasteiger partial charge on any atom is -0.356 e. The molecule has 1 saturated heterocycles. The number of hydrogen-bond donors (Lipinski definition) is 1. The molecular weight excluding hydrogens is 306 g/mol. The van der Waals surface area contributed by atoms with Gasteiger partial charge in [-0.1, -0.05) is 0 Å². The number of nitrogens with zero attached hydrogens (tertiary/aromatic N) is 2. The van der Waals surface area contributed by atoms with E-state index in [0.717, 1.165) is 48.3 Å². The maximum absolute atomic E-state index is 10.9. The summed E-state index contributed by atoms with van der Waals surface area (Å²) >= 11 is 3.59. The number of piperidine rings is 1. The van der Waals surface area contributed by atoms with Crippen molar-refractivity contribution in [1.29, 1.82) is 0 Å². The van der Waals surface area contributed by atoms with Crippen LogP contribution in [0.3, 0.4) is 0 Å². The summed E-state index contributed by atoms with van der Waals surface area (Å²) in [7, 11) is 0. The van der Waals surface area contributed by atoms with Crippen molar-refractivity contribution in [3.63, 3.8) is 0 Å². The second kappa shape index (κ2) is 6.37. The van der Waals surface area contributed by atoms with Crippen molar-refractivity contribution < 1.29 is 4.79 Å². The van der Waals surface area contributed by atoms with Crippen LogP contribution in [0.25, 0.3) is 0 Å². The summed E-state index contributed by atoms with van der Waals surface area (Å²) in [6, 6.07) is 2.10. The Morgan fingerprint density at radius 1 is 1.53 bits per heavy atom. The molecule has 4 nitrogen and oxygen atoms in total. The highest BCUT2D eigenvalue weighted by atomic mass is 79.9. The molecule has 0 unspecified atom stereocenters. The fourth-order valence-corrected chi connectivity index (χ4v) is 3.11. The van der Waals surface area contributed by atoms with Crippen LogP contribution in [0.5, 0.6) is 0 Å². The molecule has 0 aromatic carbocycles. The lowest BCUT2D eigenvalue weighted by Gasteiger charge is -2.33. The second-order valence-electron chi connectivity index (χ2n) is 5.19. The molecule has 0 atom stereocenters. The Balaban J connectivity index is 1.90. The molecular formula is C14H20BrN3O. The van der Waals surface area contributed by atoms with Crippen molar-refractivity contribution >= 4 is 27.7 Å². The van der Waals surface area contributed by atoms with Crippen LogP contribution in [-0.2, 0) is 4.79 Å². The molecule has 0 spiro atoms. The molecule has 19 heavy (non-hydrogen) atoms.